The number of benzene rings is 3. The fourth-order valence-corrected chi connectivity index (χ4v) is 4.11. The molecule has 4 aromatic rings. The number of hydrogen-bond acceptors (Lipinski definition) is 5. The zero-order chi connectivity index (χ0) is 23.2. The first-order valence-electron chi connectivity index (χ1n) is 10.1. The summed E-state index contributed by atoms with van der Waals surface area (Å²) >= 11 is 7.23. The van der Waals surface area contributed by atoms with Gasteiger partial charge in [0.25, 0.3) is 0 Å². The molecule has 0 aliphatic carbocycles. The van der Waals surface area contributed by atoms with Gasteiger partial charge in [-0.3, -0.25) is 9.36 Å². The Labute approximate surface area is 199 Å². The lowest BCUT2D eigenvalue weighted by molar-refractivity contribution is -0.113. The van der Waals surface area contributed by atoms with Gasteiger partial charge in [0.1, 0.15) is 6.61 Å². The Morgan fingerprint density at radius 3 is 2.61 bits per heavy atom. The topological polar surface area (TPSA) is 69.0 Å². The Morgan fingerprint density at radius 1 is 1.09 bits per heavy atom. The van der Waals surface area contributed by atoms with E-state index in [0.717, 1.165) is 11.3 Å². The van der Waals surface area contributed by atoms with Crippen LogP contribution in [0.2, 0.25) is 5.02 Å². The Morgan fingerprint density at radius 2 is 1.85 bits per heavy atom. The van der Waals surface area contributed by atoms with Gasteiger partial charge in [0, 0.05) is 16.4 Å². The van der Waals surface area contributed by atoms with Gasteiger partial charge in [-0.25, -0.2) is 4.39 Å². The number of nitrogens with zero attached hydrogens (tertiary/aromatic N) is 3. The molecule has 0 saturated carbocycles. The minimum atomic E-state index is -0.452. The van der Waals surface area contributed by atoms with Crippen molar-refractivity contribution in [2.24, 2.45) is 0 Å². The van der Waals surface area contributed by atoms with E-state index in [4.69, 9.17) is 16.3 Å². The summed E-state index contributed by atoms with van der Waals surface area (Å²) in [6.07, 6.45) is 0. The third-order valence-electron chi connectivity index (χ3n) is 4.70. The lowest BCUT2D eigenvalue weighted by atomic mass is 10.2. The number of rotatable bonds is 8. The maximum Gasteiger partial charge on any atom is 0.234 e. The molecule has 0 saturated heterocycles. The molecule has 9 heteroatoms. The largest absolute Gasteiger partial charge is 0.483 e. The van der Waals surface area contributed by atoms with E-state index in [1.54, 1.807) is 41.0 Å². The molecular weight excluding hydrogens is 463 g/mol. The number of halogens is 2. The van der Waals surface area contributed by atoms with Crippen LogP contribution >= 0.6 is 23.4 Å². The first-order valence-corrected chi connectivity index (χ1v) is 11.4. The minimum absolute atomic E-state index is 0.0134. The summed E-state index contributed by atoms with van der Waals surface area (Å²) in [6, 6.07) is 20.9. The van der Waals surface area contributed by atoms with E-state index in [1.807, 2.05) is 37.3 Å². The van der Waals surface area contributed by atoms with E-state index in [-0.39, 0.29) is 24.0 Å². The molecule has 0 bridgehead atoms. The third-order valence-corrected chi connectivity index (χ3v) is 5.87. The first-order chi connectivity index (χ1) is 16.0. The number of anilines is 1. The predicted octanol–water partition coefficient (Wildman–Crippen LogP) is 5.68. The van der Waals surface area contributed by atoms with E-state index in [9.17, 15) is 9.18 Å². The highest BCUT2D eigenvalue weighted by atomic mass is 35.5. The van der Waals surface area contributed by atoms with E-state index >= 15 is 0 Å². The summed E-state index contributed by atoms with van der Waals surface area (Å²) in [5, 5.41) is 12.5. The summed E-state index contributed by atoms with van der Waals surface area (Å²) in [4.78, 5) is 12.5. The van der Waals surface area contributed by atoms with Gasteiger partial charge in [-0.15, -0.1) is 10.2 Å². The number of carbonyl (C=O) groups is 1. The molecule has 4 rings (SSSR count). The van der Waals surface area contributed by atoms with Crippen LogP contribution in [-0.2, 0) is 11.4 Å². The molecule has 6 nitrogen and oxygen atoms in total. The standard InChI is InChI=1S/C24H20ClFN4O2S/c1-16-13-17(25)11-12-20(16)27-23(31)15-33-24-29-28-22(30(24)18-7-3-2-4-8-18)14-32-21-10-6-5-9-19(21)26/h2-13H,14-15H2,1H3,(H,27,31). The maximum absolute atomic E-state index is 13.9. The predicted molar refractivity (Wildman–Crippen MR) is 128 cm³/mol. The van der Waals surface area contributed by atoms with Crippen molar-refractivity contribution < 1.29 is 13.9 Å². The Hall–Kier alpha value is -3.36. The van der Waals surface area contributed by atoms with Crippen LogP contribution in [0.3, 0.4) is 0 Å². The average molecular weight is 483 g/mol. The molecule has 0 aliphatic rings. The molecule has 0 radical (unpaired) electrons. The Bertz CT molecular complexity index is 1270. The van der Waals surface area contributed by atoms with Crippen molar-refractivity contribution in [2.45, 2.75) is 18.7 Å². The zero-order valence-corrected chi connectivity index (χ0v) is 19.2. The number of amides is 1. The van der Waals surface area contributed by atoms with Gasteiger partial charge in [0.05, 0.1) is 5.75 Å². The highest BCUT2D eigenvalue weighted by molar-refractivity contribution is 7.99. The molecule has 33 heavy (non-hydrogen) atoms. The zero-order valence-electron chi connectivity index (χ0n) is 17.7. The smallest absolute Gasteiger partial charge is 0.234 e. The lowest BCUT2D eigenvalue weighted by Crippen LogP contribution is -2.15. The minimum Gasteiger partial charge on any atom is -0.483 e. The highest BCUT2D eigenvalue weighted by Crippen LogP contribution is 2.25. The van der Waals surface area contributed by atoms with Crippen molar-refractivity contribution in [3.8, 4) is 11.4 Å². The summed E-state index contributed by atoms with van der Waals surface area (Å²) in [5.41, 5.74) is 2.39. The van der Waals surface area contributed by atoms with Gasteiger partial charge in [0.2, 0.25) is 5.91 Å². The van der Waals surface area contributed by atoms with Gasteiger partial charge in [-0.05, 0) is 55.0 Å². The van der Waals surface area contributed by atoms with Crippen molar-refractivity contribution in [1.29, 1.82) is 0 Å². The quantitative estimate of drug-likeness (QED) is 0.327. The molecule has 0 unspecified atom stereocenters. The van der Waals surface area contributed by atoms with Gasteiger partial charge in [0.15, 0.2) is 22.5 Å². The number of carbonyl (C=O) groups excluding carboxylic acids is 1. The van der Waals surface area contributed by atoms with E-state index < -0.39 is 5.82 Å². The van der Waals surface area contributed by atoms with Crippen LogP contribution in [0.4, 0.5) is 10.1 Å². The summed E-state index contributed by atoms with van der Waals surface area (Å²) in [6.45, 7) is 1.89. The average Bonchev–Trinajstić information content (AvgIpc) is 3.22. The van der Waals surface area contributed by atoms with Gasteiger partial charge in [-0.2, -0.15) is 0 Å². The maximum atomic E-state index is 13.9. The normalized spacial score (nSPS) is 10.8. The fraction of sp³-hybridized carbons (Fsp3) is 0.125. The highest BCUT2D eigenvalue weighted by Gasteiger charge is 2.17. The summed E-state index contributed by atoms with van der Waals surface area (Å²) in [5.74, 6) is 0.110. The molecule has 1 amide bonds. The molecule has 168 valence electrons. The SMILES string of the molecule is Cc1cc(Cl)ccc1NC(=O)CSc1nnc(COc2ccccc2F)n1-c1ccccc1. The van der Waals surface area contributed by atoms with Crippen LogP contribution in [0.25, 0.3) is 5.69 Å². The van der Waals surface area contributed by atoms with Crippen molar-refractivity contribution in [3.63, 3.8) is 0 Å². The van der Waals surface area contributed by atoms with Crippen LogP contribution in [0.5, 0.6) is 5.75 Å². The van der Waals surface area contributed by atoms with Crippen LogP contribution in [0.1, 0.15) is 11.4 Å². The summed E-state index contributed by atoms with van der Waals surface area (Å²) < 4.78 is 21.4. The third kappa shape index (κ3) is 5.71. The van der Waals surface area contributed by atoms with Crippen molar-refractivity contribution >= 4 is 35.0 Å². The van der Waals surface area contributed by atoms with Crippen LogP contribution in [0, 0.1) is 12.7 Å². The molecule has 0 spiro atoms. The fourth-order valence-electron chi connectivity index (χ4n) is 3.11. The first kappa shape index (κ1) is 22.8. The summed E-state index contributed by atoms with van der Waals surface area (Å²) in [7, 11) is 0. The molecule has 1 heterocycles. The number of nitrogens with one attached hydrogen (secondary N) is 1. The monoisotopic (exact) mass is 482 g/mol. The molecule has 0 atom stereocenters. The van der Waals surface area contributed by atoms with E-state index in [0.29, 0.717) is 21.7 Å². The lowest BCUT2D eigenvalue weighted by Gasteiger charge is -2.12. The van der Waals surface area contributed by atoms with E-state index in [2.05, 4.69) is 15.5 Å². The van der Waals surface area contributed by atoms with Gasteiger partial charge >= 0.3 is 0 Å². The van der Waals surface area contributed by atoms with E-state index in [1.165, 1.54) is 17.8 Å². The molecular formula is C24H20ClFN4O2S. The number of thioether (sulfide) groups is 1. The second-order valence-corrected chi connectivity index (χ2v) is 8.46. The molecule has 1 aromatic heterocycles. The van der Waals surface area contributed by atoms with Crippen molar-refractivity contribution in [2.75, 3.05) is 11.1 Å². The number of hydrogen-bond donors (Lipinski definition) is 1. The van der Waals surface area contributed by atoms with Gasteiger partial charge in [-0.1, -0.05) is 53.7 Å². The second kappa shape index (κ2) is 10.5. The van der Waals surface area contributed by atoms with Crippen LogP contribution in [-0.4, -0.2) is 26.4 Å². The number of aryl methyl sites for hydroxylation is 1. The van der Waals surface area contributed by atoms with Crippen molar-refractivity contribution in [3.05, 3.63) is 95.0 Å². The number of para-hydroxylation sites is 2. The van der Waals surface area contributed by atoms with Crippen LogP contribution in [0.15, 0.2) is 78.0 Å². The Balaban J connectivity index is 1.50. The molecule has 0 aliphatic heterocycles. The molecule has 0 fully saturated rings. The number of aromatic nitrogens is 3. The van der Waals surface area contributed by atoms with Crippen LogP contribution < -0.4 is 10.1 Å². The van der Waals surface area contributed by atoms with Gasteiger partial charge < -0.3 is 10.1 Å². The van der Waals surface area contributed by atoms with Crippen molar-refractivity contribution in [1.82, 2.24) is 14.8 Å². The second-order valence-electron chi connectivity index (χ2n) is 7.08. The molecule has 3 aromatic carbocycles. The Kier molecular flexibility index (Phi) is 7.26. The number of ether oxygens (including phenoxy) is 1. The molecule has 1 N–H and O–H groups in total.